The third-order valence-corrected chi connectivity index (χ3v) is 3.54. The van der Waals surface area contributed by atoms with Crippen molar-refractivity contribution in [3.05, 3.63) is 36.0 Å². The van der Waals surface area contributed by atoms with Crippen LogP contribution in [0.25, 0.3) is 10.9 Å². The van der Waals surface area contributed by atoms with Gasteiger partial charge in [0.25, 0.3) is 0 Å². The van der Waals surface area contributed by atoms with Gasteiger partial charge in [0.05, 0.1) is 0 Å². The fraction of sp³-hybridized carbons (Fsp3) is 0.529. The minimum absolute atomic E-state index is 0.221. The van der Waals surface area contributed by atoms with Gasteiger partial charge in [-0.15, -0.1) is 0 Å². The number of hydrogen-bond donors (Lipinski definition) is 3. The molecule has 0 aliphatic heterocycles. The molecule has 1 aromatic carbocycles. The van der Waals surface area contributed by atoms with Crippen molar-refractivity contribution < 1.29 is 4.74 Å². The lowest BCUT2D eigenvalue weighted by Crippen LogP contribution is -2.17. The highest BCUT2D eigenvalue weighted by molar-refractivity contribution is 7.80. The summed E-state index contributed by atoms with van der Waals surface area (Å²) in [6.07, 6.45) is 6.62. The number of thiol groups is 1. The first-order valence-corrected chi connectivity index (χ1v) is 8.22. The molecule has 0 radical (unpaired) electrons. The molecule has 0 spiro atoms. The Labute approximate surface area is 133 Å². The maximum absolute atomic E-state index is 5.76. The van der Waals surface area contributed by atoms with Gasteiger partial charge in [0.15, 0.2) is 0 Å². The number of methoxy groups -OCH3 is 1. The molecule has 3 N–H and O–H groups in total. The molecule has 0 aliphatic carbocycles. The lowest BCUT2D eigenvalue weighted by atomic mass is 10.1. The van der Waals surface area contributed by atoms with Crippen LogP contribution in [0.3, 0.4) is 0 Å². The monoisotopic (exact) mass is 308 g/mol. The van der Waals surface area contributed by atoms with E-state index in [0.717, 1.165) is 18.8 Å². The van der Waals surface area contributed by atoms with Crippen molar-refractivity contribution in [3.8, 4) is 0 Å². The maximum atomic E-state index is 5.76. The van der Waals surface area contributed by atoms with Crippen molar-refractivity contribution >= 4 is 23.5 Å². The van der Waals surface area contributed by atoms with Crippen LogP contribution >= 0.6 is 12.6 Å². The largest absolute Gasteiger partial charge is 0.385 e. The zero-order chi connectivity index (χ0) is 15.5. The number of benzene rings is 1. The number of fused-ring (bicyclic) bond motifs is 1. The summed E-state index contributed by atoms with van der Waals surface area (Å²) >= 11 is 4.08. The third-order valence-electron chi connectivity index (χ3n) is 3.22. The fourth-order valence-electron chi connectivity index (χ4n) is 2.18. The molecule has 118 valence electrons. The molecule has 2 rings (SSSR count). The highest BCUT2D eigenvalue weighted by atomic mass is 32.1. The average molecular weight is 308 g/mol. The van der Waals surface area contributed by atoms with E-state index < -0.39 is 0 Å². The van der Waals surface area contributed by atoms with E-state index in [-0.39, 0.29) is 6.04 Å². The second-order valence-electron chi connectivity index (χ2n) is 5.32. The number of rotatable bonds is 7. The molecular formula is C17H28N2OS. The van der Waals surface area contributed by atoms with E-state index in [1.54, 1.807) is 7.11 Å². The van der Waals surface area contributed by atoms with Crippen LogP contribution in [0.5, 0.6) is 0 Å². The molecule has 2 aromatic rings. The molecule has 0 aliphatic rings. The van der Waals surface area contributed by atoms with E-state index in [1.165, 1.54) is 35.7 Å². The molecule has 0 saturated heterocycles. The van der Waals surface area contributed by atoms with Crippen LogP contribution in [0, 0.1) is 0 Å². The molecule has 3 nitrogen and oxygen atoms in total. The number of H-pyrrole nitrogens is 1. The van der Waals surface area contributed by atoms with Gasteiger partial charge in [-0.1, -0.05) is 24.6 Å². The Hall–Kier alpha value is -0.970. The van der Waals surface area contributed by atoms with Crippen molar-refractivity contribution in [1.29, 1.82) is 0 Å². The first-order chi connectivity index (χ1) is 10.2. The summed E-state index contributed by atoms with van der Waals surface area (Å²) in [5.74, 6) is 1.00. The van der Waals surface area contributed by atoms with Gasteiger partial charge in [-0.2, -0.15) is 12.6 Å². The average Bonchev–Trinajstić information content (AvgIpc) is 2.87. The van der Waals surface area contributed by atoms with Crippen LogP contribution in [-0.4, -0.2) is 30.5 Å². The van der Waals surface area contributed by atoms with Crippen molar-refractivity contribution in [2.45, 2.75) is 38.6 Å². The minimum Gasteiger partial charge on any atom is -0.385 e. The number of aromatic nitrogens is 1. The van der Waals surface area contributed by atoms with Crippen LogP contribution in [0.2, 0.25) is 0 Å². The van der Waals surface area contributed by atoms with Crippen LogP contribution in [0.4, 0.5) is 0 Å². The zero-order valence-electron chi connectivity index (χ0n) is 13.1. The summed E-state index contributed by atoms with van der Waals surface area (Å²) in [5, 5.41) is 1.29. The number of unbranched alkanes of at least 4 members (excludes halogenated alkanes) is 2. The summed E-state index contributed by atoms with van der Waals surface area (Å²) < 4.78 is 4.86. The predicted octanol–water partition coefficient (Wildman–Crippen LogP) is 3.79. The van der Waals surface area contributed by atoms with Crippen molar-refractivity contribution in [3.63, 3.8) is 0 Å². The van der Waals surface area contributed by atoms with Gasteiger partial charge in [-0.25, -0.2) is 0 Å². The summed E-state index contributed by atoms with van der Waals surface area (Å²) in [4.78, 5) is 3.24. The molecule has 4 heteroatoms. The smallest absolute Gasteiger partial charge is 0.0462 e. The molecule has 0 fully saturated rings. The quantitative estimate of drug-likeness (QED) is 0.538. The number of nitrogens with two attached hydrogens (primary N) is 1. The van der Waals surface area contributed by atoms with Gasteiger partial charge >= 0.3 is 0 Å². The first kappa shape index (κ1) is 18.1. The number of aromatic amines is 1. The highest BCUT2D eigenvalue weighted by Crippen LogP contribution is 2.18. The summed E-state index contributed by atoms with van der Waals surface area (Å²) in [7, 11) is 1.74. The Morgan fingerprint density at radius 3 is 2.67 bits per heavy atom. The van der Waals surface area contributed by atoms with Crippen molar-refractivity contribution in [1.82, 2.24) is 4.98 Å². The van der Waals surface area contributed by atoms with Crippen LogP contribution in [0.1, 0.15) is 31.7 Å². The lowest BCUT2D eigenvalue weighted by Gasteiger charge is -2.02. The van der Waals surface area contributed by atoms with Gasteiger partial charge < -0.3 is 15.5 Å². The second kappa shape index (κ2) is 10.7. The SMILES string of the molecule is CC(N)Cc1c[nH]c2ccccc12.COCCCCCS. The lowest BCUT2D eigenvalue weighted by molar-refractivity contribution is 0.192. The fourth-order valence-corrected chi connectivity index (χ4v) is 2.41. The molecule has 1 aromatic heterocycles. The summed E-state index contributed by atoms with van der Waals surface area (Å²) in [6, 6.07) is 8.53. The minimum atomic E-state index is 0.221. The third kappa shape index (κ3) is 7.02. The van der Waals surface area contributed by atoms with Crippen molar-refractivity contribution in [2.24, 2.45) is 5.73 Å². The Morgan fingerprint density at radius 2 is 2.00 bits per heavy atom. The van der Waals surface area contributed by atoms with Gasteiger partial charge in [-0.05, 0) is 43.6 Å². The van der Waals surface area contributed by atoms with Crippen LogP contribution in [0.15, 0.2) is 30.5 Å². The highest BCUT2D eigenvalue weighted by Gasteiger charge is 2.04. The summed E-state index contributed by atoms with van der Waals surface area (Å²) in [6.45, 7) is 2.93. The van der Waals surface area contributed by atoms with E-state index in [4.69, 9.17) is 10.5 Å². The number of para-hydroxylation sites is 1. The summed E-state index contributed by atoms with van der Waals surface area (Å²) in [5.41, 5.74) is 8.26. The van der Waals surface area contributed by atoms with E-state index in [0.29, 0.717) is 0 Å². The standard InChI is InChI=1S/C11H14N2.C6H14OS/c1-8(12)6-9-7-13-11-5-3-2-4-10(9)11;1-7-5-3-2-4-6-8/h2-5,7-8,13H,6,12H2,1H3;8H,2-6H2,1H3. The topological polar surface area (TPSA) is 51.0 Å². The number of hydrogen-bond acceptors (Lipinski definition) is 3. The zero-order valence-corrected chi connectivity index (χ0v) is 14.0. The number of ether oxygens (including phenoxy) is 1. The normalized spacial score (nSPS) is 12.0. The number of nitrogens with one attached hydrogen (secondary N) is 1. The molecule has 0 bridgehead atoms. The molecular weight excluding hydrogens is 280 g/mol. The molecule has 21 heavy (non-hydrogen) atoms. The van der Waals surface area contributed by atoms with E-state index in [1.807, 2.05) is 19.2 Å². The predicted molar refractivity (Wildman–Crippen MR) is 95.2 cm³/mol. The molecule has 1 unspecified atom stereocenters. The van der Waals surface area contributed by atoms with Gasteiger partial charge in [0, 0.05) is 36.9 Å². The first-order valence-electron chi connectivity index (χ1n) is 7.59. The van der Waals surface area contributed by atoms with Crippen molar-refractivity contribution in [2.75, 3.05) is 19.5 Å². The Kier molecular flexibility index (Phi) is 9.22. The Bertz CT molecular complexity index is 490. The van der Waals surface area contributed by atoms with Crippen LogP contribution < -0.4 is 5.73 Å². The molecule has 0 amide bonds. The van der Waals surface area contributed by atoms with Gasteiger partial charge in [0.1, 0.15) is 0 Å². The van der Waals surface area contributed by atoms with E-state index >= 15 is 0 Å². The maximum Gasteiger partial charge on any atom is 0.0462 e. The molecule has 0 saturated carbocycles. The second-order valence-corrected chi connectivity index (χ2v) is 5.77. The van der Waals surface area contributed by atoms with Gasteiger partial charge in [0.2, 0.25) is 0 Å². The molecule has 1 heterocycles. The van der Waals surface area contributed by atoms with Gasteiger partial charge in [-0.3, -0.25) is 0 Å². The Balaban J connectivity index is 0.000000240. The van der Waals surface area contributed by atoms with E-state index in [2.05, 4.69) is 35.8 Å². The Morgan fingerprint density at radius 1 is 1.24 bits per heavy atom. The van der Waals surface area contributed by atoms with Crippen LogP contribution in [-0.2, 0) is 11.2 Å². The molecule has 1 atom stereocenters. The van der Waals surface area contributed by atoms with E-state index in [9.17, 15) is 0 Å².